The van der Waals surface area contributed by atoms with Gasteiger partial charge in [0.1, 0.15) is 15.7 Å². The molecule has 3 heterocycles. The van der Waals surface area contributed by atoms with Crippen LogP contribution in [-0.4, -0.2) is 39.8 Å². The summed E-state index contributed by atoms with van der Waals surface area (Å²) in [6, 6.07) is 5.28. The second kappa shape index (κ2) is 9.04. The molecule has 1 aliphatic heterocycles. The van der Waals surface area contributed by atoms with Crippen molar-refractivity contribution < 1.29 is 4.79 Å². The van der Waals surface area contributed by atoms with Crippen LogP contribution >= 0.6 is 34.5 Å². The Morgan fingerprint density at radius 1 is 1.29 bits per heavy atom. The van der Waals surface area contributed by atoms with Gasteiger partial charge in [-0.1, -0.05) is 34.5 Å². The quantitative estimate of drug-likeness (QED) is 0.520. The molecule has 3 aromatic rings. The monoisotopic (exact) mass is 479 g/mol. The number of carbonyl (C=O) groups excluding carboxylic acids is 1. The van der Waals surface area contributed by atoms with Crippen LogP contribution in [0.15, 0.2) is 24.4 Å². The second-order valence-electron chi connectivity index (χ2n) is 7.49. The summed E-state index contributed by atoms with van der Waals surface area (Å²) < 4.78 is 1.76. The number of nitrogens with zero attached hydrogens (tertiary/aromatic N) is 4. The largest absolute Gasteiger partial charge is 0.389 e. The van der Waals surface area contributed by atoms with Gasteiger partial charge >= 0.3 is 0 Å². The molecule has 0 aliphatic carbocycles. The van der Waals surface area contributed by atoms with Gasteiger partial charge in [0.2, 0.25) is 0 Å². The third-order valence-electron chi connectivity index (χ3n) is 5.26. The molecule has 1 fully saturated rings. The van der Waals surface area contributed by atoms with Crippen molar-refractivity contribution >= 4 is 57.0 Å². The molecule has 8 nitrogen and oxygen atoms in total. The molecule has 4 rings (SSSR count). The first kappa shape index (κ1) is 21.9. The van der Waals surface area contributed by atoms with Crippen LogP contribution in [0.2, 0.25) is 10.0 Å². The predicted molar refractivity (Wildman–Crippen MR) is 127 cm³/mol. The van der Waals surface area contributed by atoms with Gasteiger partial charge in [-0.15, -0.1) is 0 Å². The van der Waals surface area contributed by atoms with Crippen LogP contribution in [-0.2, 0) is 7.05 Å². The summed E-state index contributed by atoms with van der Waals surface area (Å²) in [5.74, 6) is 0.438. The molecule has 0 bridgehead atoms. The fraction of sp³-hybridized carbons (Fsp3) is 0.350. The zero-order chi connectivity index (χ0) is 22.1. The predicted octanol–water partition coefficient (Wildman–Crippen LogP) is 4.00. The lowest BCUT2D eigenvalue weighted by atomic mass is 10.1. The zero-order valence-electron chi connectivity index (χ0n) is 16.9. The molecule has 0 spiro atoms. The number of nitrogen functional groups attached to an aromatic ring is 1. The van der Waals surface area contributed by atoms with E-state index < -0.39 is 5.91 Å². The van der Waals surface area contributed by atoms with E-state index >= 15 is 0 Å². The van der Waals surface area contributed by atoms with Gasteiger partial charge in [-0.3, -0.25) is 9.48 Å². The van der Waals surface area contributed by atoms with Crippen molar-refractivity contribution in [3.05, 3.63) is 40.1 Å². The summed E-state index contributed by atoms with van der Waals surface area (Å²) in [6.07, 6.45) is 4.50. The van der Waals surface area contributed by atoms with Gasteiger partial charge in [-0.2, -0.15) is 5.10 Å². The lowest BCUT2D eigenvalue weighted by molar-refractivity contribution is 0.102. The van der Waals surface area contributed by atoms with Crippen LogP contribution < -0.4 is 21.7 Å². The van der Waals surface area contributed by atoms with Crippen molar-refractivity contribution in [2.24, 2.45) is 12.8 Å². The summed E-state index contributed by atoms with van der Waals surface area (Å²) in [7, 11) is 1.85. The van der Waals surface area contributed by atoms with Gasteiger partial charge in [0.15, 0.2) is 11.5 Å². The number of aromatic nitrogens is 3. The number of rotatable bonds is 4. The van der Waals surface area contributed by atoms with Gasteiger partial charge in [0, 0.05) is 36.8 Å². The van der Waals surface area contributed by atoms with E-state index in [1.54, 1.807) is 29.1 Å². The topological polar surface area (TPSA) is 115 Å². The van der Waals surface area contributed by atoms with Crippen molar-refractivity contribution in [3.8, 4) is 10.6 Å². The van der Waals surface area contributed by atoms with Crippen LogP contribution in [0.25, 0.3) is 10.6 Å². The average molecular weight is 480 g/mol. The molecule has 11 heteroatoms. The van der Waals surface area contributed by atoms with Crippen molar-refractivity contribution in [2.75, 3.05) is 29.0 Å². The number of benzene rings is 1. The Balaban J connectivity index is 1.59. The molecular formula is C20H23Cl2N7OS. The van der Waals surface area contributed by atoms with Crippen LogP contribution in [0.1, 0.15) is 29.8 Å². The highest BCUT2D eigenvalue weighted by atomic mass is 35.5. The molecule has 0 saturated carbocycles. The van der Waals surface area contributed by atoms with Crippen molar-refractivity contribution in [1.29, 1.82) is 0 Å². The highest BCUT2D eigenvalue weighted by molar-refractivity contribution is 7.19. The maximum atomic E-state index is 13.0. The fourth-order valence-corrected chi connectivity index (χ4v) is 4.98. The molecular weight excluding hydrogens is 457 g/mol. The Morgan fingerprint density at radius 3 is 2.90 bits per heavy atom. The van der Waals surface area contributed by atoms with E-state index in [-0.39, 0.29) is 11.7 Å². The molecule has 1 atom stereocenters. The molecule has 0 radical (unpaired) electrons. The maximum Gasteiger partial charge on any atom is 0.277 e. The number of nitrogens with two attached hydrogens (primary N) is 2. The minimum absolute atomic E-state index is 0.142. The first-order valence-electron chi connectivity index (χ1n) is 9.89. The number of amides is 1. The highest BCUT2D eigenvalue weighted by Crippen LogP contribution is 2.36. The smallest absolute Gasteiger partial charge is 0.277 e. The number of nitrogens with one attached hydrogen (secondary N) is 1. The number of halogens is 2. The number of thiazole rings is 1. The normalized spacial score (nSPS) is 16.9. The molecule has 164 valence electrons. The van der Waals surface area contributed by atoms with Gasteiger partial charge in [-0.25, -0.2) is 4.98 Å². The number of hydrogen-bond donors (Lipinski definition) is 3. The summed E-state index contributed by atoms with van der Waals surface area (Å²) >= 11 is 13.5. The molecule has 2 aromatic heterocycles. The van der Waals surface area contributed by atoms with E-state index in [0.717, 1.165) is 38.2 Å². The lowest BCUT2D eigenvalue weighted by Crippen LogP contribution is -2.29. The molecule has 31 heavy (non-hydrogen) atoms. The first-order chi connectivity index (χ1) is 14.8. The summed E-state index contributed by atoms with van der Waals surface area (Å²) in [5, 5.41) is 9.09. The summed E-state index contributed by atoms with van der Waals surface area (Å²) in [6.45, 7) is 1.66. The average Bonchev–Trinajstić information content (AvgIpc) is 3.21. The van der Waals surface area contributed by atoms with Crippen LogP contribution in [0.4, 0.5) is 16.5 Å². The number of carbonyl (C=O) groups is 1. The lowest BCUT2D eigenvalue weighted by Gasteiger charge is -2.24. The molecule has 1 saturated heterocycles. The Morgan fingerprint density at radius 2 is 2.10 bits per heavy atom. The third kappa shape index (κ3) is 4.64. The Bertz CT molecular complexity index is 1110. The number of aryl methyl sites for hydroxylation is 1. The van der Waals surface area contributed by atoms with E-state index in [0.29, 0.717) is 31.3 Å². The van der Waals surface area contributed by atoms with Crippen LogP contribution in [0.5, 0.6) is 0 Å². The van der Waals surface area contributed by atoms with Crippen molar-refractivity contribution in [1.82, 2.24) is 14.8 Å². The number of hydrogen-bond acceptors (Lipinski definition) is 7. The minimum atomic E-state index is -0.404. The van der Waals surface area contributed by atoms with Crippen molar-refractivity contribution in [3.63, 3.8) is 0 Å². The maximum absolute atomic E-state index is 13.0. The minimum Gasteiger partial charge on any atom is -0.389 e. The first-order valence-corrected chi connectivity index (χ1v) is 11.5. The highest BCUT2D eigenvalue weighted by Gasteiger charge is 2.24. The van der Waals surface area contributed by atoms with E-state index in [9.17, 15) is 4.79 Å². The van der Waals surface area contributed by atoms with E-state index in [4.69, 9.17) is 34.7 Å². The SMILES string of the molecule is Cn1ncc(NC(=O)c2nc(-c3cc(Cl)ccc3Cl)sc2N)c1N1CCC[C@@H](N)CC1. The molecule has 1 amide bonds. The fourth-order valence-electron chi connectivity index (χ4n) is 3.68. The van der Waals surface area contributed by atoms with Gasteiger partial charge in [-0.05, 0) is 37.5 Å². The van der Waals surface area contributed by atoms with E-state index in [1.807, 2.05) is 7.05 Å². The standard InChI is InChI=1S/C20H23Cl2N7OS/c1-28-20(29-7-2-3-12(23)6-8-29)15(10-25-28)26-18(30)16-17(24)31-19(27-16)13-9-11(21)4-5-14(13)22/h4-5,9-10,12H,2-3,6-8,23-24H2,1H3,(H,26,30)/t12-/m1/s1. The van der Waals surface area contributed by atoms with E-state index in [1.165, 1.54) is 11.3 Å². The summed E-state index contributed by atoms with van der Waals surface area (Å²) in [5.41, 5.74) is 13.6. The third-order valence-corrected chi connectivity index (χ3v) is 6.74. The Labute approximate surface area is 194 Å². The second-order valence-corrected chi connectivity index (χ2v) is 9.37. The molecule has 0 unspecified atom stereocenters. The Kier molecular flexibility index (Phi) is 6.38. The van der Waals surface area contributed by atoms with Crippen molar-refractivity contribution in [2.45, 2.75) is 25.3 Å². The van der Waals surface area contributed by atoms with Gasteiger partial charge in [0.25, 0.3) is 5.91 Å². The van der Waals surface area contributed by atoms with E-state index in [2.05, 4.69) is 20.3 Å². The Hall–Kier alpha value is -2.33. The zero-order valence-corrected chi connectivity index (χ0v) is 19.3. The van der Waals surface area contributed by atoms with Crippen LogP contribution in [0, 0.1) is 0 Å². The van der Waals surface area contributed by atoms with Crippen LogP contribution in [0.3, 0.4) is 0 Å². The molecule has 1 aliphatic rings. The van der Waals surface area contributed by atoms with Gasteiger partial charge in [0.05, 0.1) is 11.2 Å². The summed E-state index contributed by atoms with van der Waals surface area (Å²) in [4.78, 5) is 19.7. The van der Waals surface area contributed by atoms with Gasteiger partial charge < -0.3 is 21.7 Å². The number of anilines is 3. The molecule has 5 N–H and O–H groups in total. The molecule has 1 aromatic carbocycles.